The van der Waals surface area contributed by atoms with E-state index in [9.17, 15) is 0 Å². The Hall–Kier alpha value is -0.200. The fraction of sp³-hybridized carbons (Fsp3) is 0.917. The molecule has 0 spiro atoms. The van der Waals surface area contributed by atoms with Crippen molar-refractivity contribution in [3.05, 3.63) is 0 Å². The van der Waals surface area contributed by atoms with E-state index in [0.29, 0.717) is 10.5 Å². The van der Waals surface area contributed by atoms with Crippen LogP contribution in [-0.4, -0.2) is 22.6 Å². The van der Waals surface area contributed by atoms with Crippen molar-refractivity contribution in [2.75, 3.05) is 6.54 Å². The Bertz CT molecular complexity index is 212. The topological polar surface area (TPSA) is 35.8 Å². The minimum absolute atomic E-state index is 0.366. The van der Waals surface area contributed by atoms with Crippen molar-refractivity contribution >= 4 is 11.8 Å². The van der Waals surface area contributed by atoms with Gasteiger partial charge >= 0.3 is 0 Å². The van der Waals surface area contributed by atoms with Crippen LogP contribution >= 0.6 is 11.8 Å². The summed E-state index contributed by atoms with van der Waals surface area (Å²) in [7, 11) is 0. The molecule has 0 aliphatic rings. The summed E-state index contributed by atoms with van der Waals surface area (Å²) in [5.74, 6) is 0. The Morgan fingerprint density at radius 1 is 1.33 bits per heavy atom. The third-order valence-corrected chi connectivity index (χ3v) is 3.98. The first kappa shape index (κ1) is 14.8. The van der Waals surface area contributed by atoms with Gasteiger partial charge in [-0.1, -0.05) is 27.7 Å². The van der Waals surface area contributed by atoms with Crippen LogP contribution in [0.5, 0.6) is 0 Å². The van der Waals surface area contributed by atoms with E-state index in [1.807, 2.05) is 25.6 Å². The molecule has 2 nitrogen and oxygen atoms in total. The first-order valence-corrected chi connectivity index (χ1v) is 6.73. The molecule has 0 aromatic carbocycles. The molecule has 1 N–H and O–H groups in total. The normalized spacial score (nSPS) is 18.9. The van der Waals surface area contributed by atoms with Gasteiger partial charge in [0.2, 0.25) is 0 Å². The third kappa shape index (κ3) is 6.06. The first-order chi connectivity index (χ1) is 6.97. The van der Waals surface area contributed by atoms with Gasteiger partial charge in [-0.2, -0.15) is 17.0 Å². The van der Waals surface area contributed by atoms with E-state index in [0.717, 1.165) is 13.0 Å². The van der Waals surface area contributed by atoms with E-state index in [1.54, 1.807) is 0 Å². The number of nitriles is 1. The van der Waals surface area contributed by atoms with Crippen LogP contribution in [0.25, 0.3) is 0 Å². The lowest BCUT2D eigenvalue weighted by molar-refractivity contribution is 0.429. The minimum Gasteiger partial charge on any atom is -0.300 e. The van der Waals surface area contributed by atoms with Crippen LogP contribution < -0.4 is 5.32 Å². The lowest BCUT2D eigenvalue weighted by Crippen LogP contribution is -2.42. The molecular weight excluding hydrogens is 204 g/mol. The first-order valence-electron chi connectivity index (χ1n) is 5.79. The molecule has 0 radical (unpaired) electrons. The second-order valence-electron chi connectivity index (χ2n) is 4.34. The molecule has 88 valence electrons. The largest absolute Gasteiger partial charge is 0.300 e. The number of hydrogen-bond acceptors (Lipinski definition) is 3. The summed E-state index contributed by atoms with van der Waals surface area (Å²) in [6, 6.07) is 2.38. The predicted octanol–water partition coefficient (Wildman–Crippen LogP) is 3.19. The van der Waals surface area contributed by atoms with Crippen molar-refractivity contribution in [2.24, 2.45) is 0 Å². The molecule has 3 atom stereocenters. The molecule has 0 rings (SSSR count). The van der Waals surface area contributed by atoms with E-state index in [-0.39, 0.29) is 5.54 Å². The molecule has 3 unspecified atom stereocenters. The number of hydrogen-bond donors (Lipinski definition) is 1. The average Bonchev–Trinajstić information content (AvgIpc) is 2.17. The third-order valence-electron chi connectivity index (χ3n) is 2.55. The maximum atomic E-state index is 9.13. The number of thioether (sulfide) groups is 1. The van der Waals surface area contributed by atoms with Gasteiger partial charge in [-0.25, -0.2) is 0 Å². The van der Waals surface area contributed by atoms with Crippen LogP contribution in [0, 0.1) is 11.3 Å². The SMILES string of the molecule is CCNC(C)(C#N)CC(C)SC(C)CC. The molecule has 0 bridgehead atoms. The van der Waals surface area contributed by atoms with Gasteiger partial charge in [-0.3, -0.25) is 5.32 Å². The van der Waals surface area contributed by atoms with Crippen molar-refractivity contribution in [1.82, 2.24) is 5.32 Å². The summed E-state index contributed by atoms with van der Waals surface area (Å²) < 4.78 is 0. The fourth-order valence-electron chi connectivity index (χ4n) is 1.66. The summed E-state index contributed by atoms with van der Waals surface area (Å²) >= 11 is 1.98. The van der Waals surface area contributed by atoms with Gasteiger partial charge in [-0.05, 0) is 26.3 Å². The molecule has 0 amide bonds. The molecule has 3 heteroatoms. The zero-order valence-corrected chi connectivity index (χ0v) is 11.4. The van der Waals surface area contributed by atoms with Gasteiger partial charge in [0.25, 0.3) is 0 Å². The molecule has 0 aromatic heterocycles. The van der Waals surface area contributed by atoms with Crippen LogP contribution in [0.4, 0.5) is 0 Å². The Kier molecular flexibility index (Phi) is 7.04. The van der Waals surface area contributed by atoms with Gasteiger partial charge in [-0.15, -0.1) is 0 Å². The zero-order valence-electron chi connectivity index (χ0n) is 10.6. The van der Waals surface area contributed by atoms with Gasteiger partial charge in [0, 0.05) is 10.5 Å². The average molecular weight is 228 g/mol. The maximum Gasteiger partial charge on any atom is 0.104 e. The van der Waals surface area contributed by atoms with Crippen molar-refractivity contribution < 1.29 is 0 Å². The Labute approximate surface area is 98.8 Å². The molecule has 0 heterocycles. The summed E-state index contributed by atoms with van der Waals surface area (Å²) in [4.78, 5) is 0. The van der Waals surface area contributed by atoms with Crippen LogP contribution in [-0.2, 0) is 0 Å². The van der Waals surface area contributed by atoms with E-state index < -0.39 is 0 Å². The number of nitrogens with zero attached hydrogens (tertiary/aromatic N) is 1. The van der Waals surface area contributed by atoms with E-state index in [1.165, 1.54) is 6.42 Å². The van der Waals surface area contributed by atoms with Crippen molar-refractivity contribution in [1.29, 1.82) is 5.26 Å². The molecule has 0 aliphatic heterocycles. The summed E-state index contributed by atoms with van der Waals surface area (Å²) in [6.45, 7) is 11.6. The highest BCUT2D eigenvalue weighted by atomic mass is 32.2. The fourth-order valence-corrected chi connectivity index (χ4v) is 3.08. The van der Waals surface area contributed by atoms with Gasteiger partial charge in [0.15, 0.2) is 0 Å². The smallest absolute Gasteiger partial charge is 0.104 e. The Morgan fingerprint density at radius 3 is 2.33 bits per heavy atom. The molecule has 15 heavy (non-hydrogen) atoms. The minimum atomic E-state index is -0.366. The molecule has 0 fully saturated rings. The molecule has 0 aromatic rings. The molecule has 0 saturated heterocycles. The number of rotatable bonds is 7. The van der Waals surface area contributed by atoms with Crippen molar-refractivity contribution in [3.63, 3.8) is 0 Å². The second-order valence-corrected chi connectivity index (χ2v) is 6.23. The van der Waals surface area contributed by atoms with Crippen molar-refractivity contribution in [2.45, 2.75) is 63.5 Å². The maximum absolute atomic E-state index is 9.13. The van der Waals surface area contributed by atoms with E-state index in [2.05, 4.69) is 32.2 Å². The zero-order chi connectivity index (χ0) is 11.9. The Balaban J connectivity index is 4.13. The quantitative estimate of drug-likeness (QED) is 0.727. The molecule has 0 saturated carbocycles. The van der Waals surface area contributed by atoms with Crippen molar-refractivity contribution in [3.8, 4) is 6.07 Å². The van der Waals surface area contributed by atoms with Crippen LogP contribution in [0.3, 0.4) is 0 Å². The van der Waals surface area contributed by atoms with Crippen LogP contribution in [0.1, 0.15) is 47.5 Å². The van der Waals surface area contributed by atoms with Crippen LogP contribution in [0.2, 0.25) is 0 Å². The Morgan fingerprint density at radius 2 is 1.93 bits per heavy atom. The summed E-state index contributed by atoms with van der Waals surface area (Å²) in [5, 5.41) is 13.6. The molecule has 0 aliphatic carbocycles. The van der Waals surface area contributed by atoms with Gasteiger partial charge in [0.05, 0.1) is 6.07 Å². The lowest BCUT2D eigenvalue weighted by Gasteiger charge is -2.27. The number of nitrogens with one attached hydrogen (secondary N) is 1. The lowest BCUT2D eigenvalue weighted by atomic mass is 9.98. The highest BCUT2D eigenvalue weighted by Crippen LogP contribution is 2.26. The standard InChI is InChI=1S/C12H24N2S/c1-6-10(3)15-11(4)8-12(5,9-13)14-7-2/h10-11,14H,6-8H2,1-5H3. The summed E-state index contributed by atoms with van der Waals surface area (Å²) in [6.07, 6.45) is 2.10. The highest BCUT2D eigenvalue weighted by Gasteiger charge is 2.25. The predicted molar refractivity (Wildman–Crippen MR) is 69.1 cm³/mol. The summed E-state index contributed by atoms with van der Waals surface area (Å²) in [5.41, 5.74) is -0.366. The second kappa shape index (κ2) is 7.14. The van der Waals surface area contributed by atoms with E-state index >= 15 is 0 Å². The van der Waals surface area contributed by atoms with Crippen LogP contribution in [0.15, 0.2) is 0 Å². The highest BCUT2D eigenvalue weighted by molar-refractivity contribution is 8.00. The van der Waals surface area contributed by atoms with Gasteiger partial charge < -0.3 is 0 Å². The molecular formula is C12H24N2S. The monoisotopic (exact) mass is 228 g/mol. The van der Waals surface area contributed by atoms with E-state index in [4.69, 9.17) is 5.26 Å². The van der Waals surface area contributed by atoms with Gasteiger partial charge in [0.1, 0.15) is 5.54 Å².